The van der Waals surface area contributed by atoms with Crippen LogP contribution in [0.3, 0.4) is 0 Å². The van der Waals surface area contributed by atoms with Crippen molar-refractivity contribution in [2.75, 3.05) is 31.6 Å². The summed E-state index contributed by atoms with van der Waals surface area (Å²) in [7, 11) is 0. The zero-order valence-corrected chi connectivity index (χ0v) is 16.7. The van der Waals surface area contributed by atoms with Crippen molar-refractivity contribution in [3.05, 3.63) is 64.9 Å². The highest BCUT2D eigenvalue weighted by Crippen LogP contribution is 2.27. The number of para-hydroxylation sites is 1. The van der Waals surface area contributed by atoms with Crippen molar-refractivity contribution >= 4 is 28.5 Å². The number of rotatable bonds is 4. The summed E-state index contributed by atoms with van der Waals surface area (Å²) in [6.07, 6.45) is 1.82. The number of fused-ring (bicyclic) bond motifs is 1. The Morgan fingerprint density at radius 1 is 1.07 bits per heavy atom. The molecule has 0 aliphatic carbocycles. The highest BCUT2D eigenvalue weighted by atomic mass is 16.5. The molecule has 0 atom stereocenters. The number of aryl methyl sites for hydroxylation is 2. The first-order valence-corrected chi connectivity index (χ1v) is 9.77. The topological polar surface area (TPSA) is 71.8 Å². The number of benzene rings is 2. The zero-order valence-electron chi connectivity index (χ0n) is 16.7. The Morgan fingerprint density at radius 3 is 2.62 bits per heavy atom. The fourth-order valence-electron chi connectivity index (χ4n) is 3.61. The molecule has 2 amide bonds. The van der Waals surface area contributed by atoms with Gasteiger partial charge in [-0.25, -0.2) is 0 Å². The predicted octanol–water partition coefficient (Wildman–Crippen LogP) is 3.70. The average molecular weight is 392 g/mol. The lowest BCUT2D eigenvalue weighted by Gasteiger charge is -2.27. The second-order valence-corrected chi connectivity index (χ2v) is 7.32. The molecule has 2 aromatic carbocycles. The van der Waals surface area contributed by atoms with Gasteiger partial charge in [-0.1, -0.05) is 24.3 Å². The van der Waals surface area contributed by atoms with Gasteiger partial charge in [-0.05, 0) is 37.1 Å². The third-order valence-corrected chi connectivity index (χ3v) is 5.42. The Morgan fingerprint density at radius 2 is 1.83 bits per heavy atom. The lowest BCUT2D eigenvalue weighted by atomic mass is 10.0. The molecule has 2 heterocycles. The maximum atomic E-state index is 12.9. The summed E-state index contributed by atoms with van der Waals surface area (Å²) >= 11 is 0. The first kappa shape index (κ1) is 19.2. The van der Waals surface area contributed by atoms with E-state index in [1.54, 1.807) is 29.4 Å². The Bertz CT molecular complexity index is 1060. The van der Waals surface area contributed by atoms with Crippen molar-refractivity contribution in [3.63, 3.8) is 0 Å². The molecule has 0 radical (unpaired) electrons. The van der Waals surface area contributed by atoms with E-state index in [9.17, 15) is 9.59 Å². The number of carbonyl (C=O) groups excluding carboxylic acids is 2. The van der Waals surface area contributed by atoms with Crippen LogP contribution >= 0.6 is 0 Å². The number of ether oxygens (including phenoxy) is 1. The van der Waals surface area contributed by atoms with Gasteiger partial charge >= 0.3 is 0 Å². The molecule has 1 aliphatic heterocycles. The van der Waals surface area contributed by atoms with E-state index in [-0.39, 0.29) is 18.2 Å². The van der Waals surface area contributed by atoms with E-state index in [2.05, 4.69) is 5.32 Å². The molecule has 29 heavy (non-hydrogen) atoms. The van der Waals surface area contributed by atoms with Crippen LogP contribution in [0.4, 0.5) is 5.69 Å². The highest BCUT2D eigenvalue weighted by Gasteiger charge is 2.22. The van der Waals surface area contributed by atoms with E-state index in [1.807, 2.05) is 32.0 Å². The number of nitrogens with zero attached hydrogens (tertiary/aromatic N) is 1. The molecule has 0 spiro atoms. The first-order valence-electron chi connectivity index (χ1n) is 9.77. The number of anilines is 1. The third kappa shape index (κ3) is 3.89. The molecule has 0 bridgehead atoms. The van der Waals surface area contributed by atoms with Crippen LogP contribution in [0.5, 0.6) is 0 Å². The van der Waals surface area contributed by atoms with Crippen molar-refractivity contribution in [3.8, 4) is 0 Å². The minimum absolute atomic E-state index is 0.0935. The van der Waals surface area contributed by atoms with Crippen molar-refractivity contribution in [1.82, 2.24) is 4.90 Å². The van der Waals surface area contributed by atoms with Crippen LogP contribution < -0.4 is 5.32 Å². The summed E-state index contributed by atoms with van der Waals surface area (Å²) in [5.41, 5.74) is 4.89. The Labute approximate surface area is 169 Å². The van der Waals surface area contributed by atoms with E-state index in [0.717, 1.165) is 27.7 Å². The lowest BCUT2D eigenvalue weighted by Crippen LogP contribution is -2.41. The number of hydrogen-bond donors (Lipinski definition) is 1. The Balaban J connectivity index is 1.52. The van der Waals surface area contributed by atoms with Gasteiger partial charge in [0.15, 0.2) is 0 Å². The molecule has 150 valence electrons. The molecule has 1 N–H and O–H groups in total. The molecular formula is C23H24N2O4. The van der Waals surface area contributed by atoms with E-state index >= 15 is 0 Å². The van der Waals surface area contributed by atoms with Gasteiger partial charge in [0.1, 0.15) is 5.58 Å². The van der Waals surface area contributed by atoms with Gasteiger partial charge in [-0.2, -0.15) is 0 Å². The summed E-state index contributed by atoms with van der Waals surface area (Å²) < 4.78 is 11.0. The fraction of sp³-hybridized carbons (Fsp3) is 0.304. The molecule has 6 heteroatoms. The number of morpholine rings is 1. The second kappa shape index (κ2) is 8.09. The summed E-state index contributed by atoms with van der Waals surface area (Å²) in [5, 5.41) is 3.85. The van der Waals surface area contributed by atoms with Crippen LogP contribution in [0, 0.1) is 13.8 Å². The van der Waals surface area contributed by atoms with Gasteiger partial charge < -0.3 is 19.4 Å². The van der Waals surface area contributed by atoms with Gasteiger partial charge in [0.25, 0.3) is 5.91 Å². The van der Waals surface area contributed by atoms with Crippen LogP contribution in [0.25, 0.3) is 11.0 Å². The molecule has 0 unspecified atom stereocenters. The molecule has 6 nitrogen and oxygen atoms in total. The second-order valence-electron chi connectivity index (χ2n) is 7.32. The minimum atomic E-state index is -0.187. The quantitative estimate of drug-likeness (QED) is 0.735. The van der Waals surface area contributed by atoms with Crippen LogP contribution in [0.1, 0.15) is 27.0 Å². The molecule has 1 aliphatic rings. The van der Waals surface area contributed by atoms with E-state index in [4.69, 9.17) is 9.15 Å². The predicted molar refractivity (Wildman–Crippen MR) is 111 cm³/mol. The monoisotopic (exact) mass is 392 g/mol. The Kier molecular flexibility index (Phi) is 5.36. The largest absolute Gasteiger partial charge is 0.464 e. The van der Waals surface area contributed by atoms with Crippen LogP contribution in [-0.4, -0.2) is 43.0 Å². The number of nitrogens with one attached hydrogen (secondary N) is 1. The smallest absolute Gasteiger partial charge is 0.256 e. The first-order chi connectivity index (χ1) is 14.0. The van der Waals surface area contributed by atoms with Gasteiger partial charge in [-0.15, -0.1) is 0 Å². The standard InChI is InChI=1S/C23H24N2O4/c1-15-7-8-18-17(14-29-22(18)16(15)2)13-21(26)24-20-6-4-3-5-19(20)23(27)25-9-11-28-12-10-25/h3-8,14H,9-13H2,1-2H3,(H,24,26). The number of hydrogen-bond acceptors (Lipinski definition) is 4. The van der Waals surface area contributed by atoms with Crippen molar-refractivity contribution in [2.45, 2.75) is 20.3 Å². The Hall–Kier alpha value is -3.12. The van der Waals surface area contributed by atoms with Gasteiger partial charge in [0.2, 0.25) is 5.91 Å². The van der Waals surface area contributed by atoms with E-state index in [1.165, 1.54) is 0 Å². The van der Waals surface area contributed by atoms with Gasteiger partial charge in [0, 0.05) is 24.0 Å². The summed E-state index contributed by atoms with van der Waals surface area (Å²) in [4.78, 5) is 27.3. The van der Waals surface area contributed by atoms with Gasteiger partial charge in [0.05, 0.1) is 37.1 Å². The van der Waals surface area contributed by atoms with Gasteiger partial charge in [-0.3, -0.25) is 9.59 Å². The molecule has 0 saturated carbocycles. The molecule has 4 rings (SSSR count). The summed E-state index contributed by atoms with van der Waals surface area (Å²) in [6, 6.07) is 11.1. The molecule has 1 fully saturated rings. The maximum Gasteiger partial charge on any atom is 0.256 e. The summed E-state index contributed by atoms with van der Waals surface area (Å²) in [5.74, 6) is -0.280. The van der Waals surface area contributed by atoms with Crippen molar-refractivity contribution in [2.24, 2.45) is 0 Å². The number of furan rings is 1. The molecule has 1 aromatic heterocycles. The average Bonchev–Trinajstić information content (AvgIpc) is 3.14. The van der Waals surface area contributed by atoms with Crippen molar-refractivity contribution < 1.29 is 18.7 Å². The molecule has 3 aromatic rings. The maximum absolute atomic E-state index is 12.9. The number of carbonyl (C=O) groups is 2. The van der Waals surface area contributed by atoms with Crippen molar-refractivity contribution in [1.29, 1.82) is 0 Å². The van der Waals surface area contributed by atoms with Crippen LogP contribution in [0.2, 0.25) is 0 Å². The number of amides is 2. The lowest BCUT2D eigenvalue weighted by molar-refractivity contribution is -0.115. The van der Waals surface area contributed by atoms with Crippen LogP contribution in [0.15, 0.2) is 47.1 Å². The van der Waals surface area contributed by atoms with E-state index in [0.29, 0.717) is 37.6 Å². The SMILES string of the molecule is Cc1ccc2c(CC(=O)Nc3ccccc3C(=O)N3CCOCC3)coc2c1C. The third-order valence-electron chi connectivity index (χ3n) is 5.42. The van der Waals surface area contributed by atoms with E-state index < -0.39 is 0 Å². The zero-order chi connectivity index (χ0) is 20.4. The normalized spacial score (nSPS) is 14.2. The van der Waals surface area contributed by atoms with Crippen LogP contribution in [-0.2, 0) is 16.0 Å². The minimum Gasteiger partial charge on any atom is -0.464 e. The molecule has 1 saturated heterocycles. The summed E-state index contributed by atoms with van der Waals surface area (Å²) in [6.45, 7) is 6.23. The molecular weight excluding hydrogens is 368 g/mol. The fourth-order valence-corrected chi connectivity index (χ4v) is 3.61. The highest BCUT2D eigenvalue weighted by molar-refractivity contribution is 6.04.